The van der Waals surface area contributed by atoms with Crippen molar-refractivity contribution in [3.63, 3.8) is 0 Å². The molecule has 0 aliphatic carbocycles. The average molecular weight is 418 g/mol. The van der Waals surface area contributed by atoms with Crippen LogP contribution in [0.3, 0.4) is 0 Å². The summed E-state index contributed by atoms with van der Waals surface area (Å²) >= 11 is -2.25. The number of nitrogens with zero attached hydrogens (tertiary/aromatic N) is 2. The zero-order chi connectivity index (χ0) is 16.8. The third-order valence-electron chi connectivity index (χ3n) is 4.28. The van der Waals surface area contributed by atoms with Crippen molar-refractivity contribution < 1.29 is 9.59 Å². The molecular formula is C17H21N3O2Sn. The van der Waals surface area contributed by atoms with E-state index in [2.05, 4.69) is 31.2 Å². The first-order valence-corrected chi connectivity index (χ1v) is 17.9. The summed E-state index contributed by atoms with van der Waals surface area (Å²) in [6, 6.07) is 6.11. The van der Waals surface area contributed by atoms with Gasteiger partial charge in [-0.1, -0.05) is 0 Å². The molecule has 0 saturated carbocycles. The number of imide groups is 1. The summed E-state index contributed by atoms with van der Waals surface area (Å²) in [6.45, 7) is 1.91. The van der Waals surface area contributed by atoms with Gasteiger partial charge in [-0.25, -0.2) is 0 Å². The van der Waals surface area contributed by atoms with E-state index in [-0.39, 0.29) is 17.7 Å². The van der Waals surface area contributed by atoms with Crippen LogP contribution in [0.4, 0.5) is 0 Å². The molecule has 6 heteroatoms. The second-order valence-corrected chi connectivity index (χ2v) is 21.5. The molecule has 2 amide bonds. The van der Waals surface area contributed by atoms with Crippen LogP contribution >= 0.6 is 0 Å². The predicted molar refractivity (Wildman–Crippen MR) is 92.4 cm³/mol. The zero-order valence-electron chi connectivity index (χ0n) is 13.9. The number of piperidine rings is 1. The van der Waals surface area contributed by atoms with Gasteiger partial charge in [0, 0.05) is 0 Å². The van der Waals surface area contributed by atoms with E-state index >= 15 is 0 Å². The van der Waals surface area contributed by atoms with Gasteiger partial charge in [0.2, 0.25) is 0 Å². The third kappa shape index (κ3) is 3.24. The number of carbonyl (C=O) groups excluding carboxylic acids is 2. The van der Waals surface area contributed by atoms with Crippen LogP contribution in [0.25, 0.3) is 11.0 Å². The van der Waals surface area contributed by atoms with Crippen LogP contribution in [0.5, 0.6) is 0 Å². The van der Waals surface area contributed by atoms with E-state index in [1.54, 1.807) is 0 Å². The van der Waals surface area contributed by atoms with E-state index in [4.69, 9.17) is 4.98 Å². The zero-order valence-corrected chi connectivity index (χ0v) is 16.8. The van der Waals surface area contributed by atoms with Crippen molar-refractivity contribution in [3.8, 4) is 0 Å². The molecule has 2 aromatic heterocycles. The van der Waals surface area contributed by atoms with Gasteiger partial charge in [-0.15, -0.1) is 0 Å². The van der Waals surface area contributed by atoms with Gasteiger partial charge in [0.15, 0.2) is 0 Å². The fourth-order valence-corrected chi connectivity index (χ4v) is 5.89. The van der Waals surface area contributed by atoms with Crippen LogP contribution in [-0.2, 0) is 9.59 Å². The van der Waals surface area contributed by atoms with Crippen LogP contribution in [0.15, 0.2) is 18.2 Å². The van der Waals surface area contributed by atoms with Gasteiger partial charge in [0.25, 0.3) is 0 Å². The average Bonchev–Trinajstić information content (AvgIpc) is 2.45. The van der Waals surface area contributed by atoms with Crippen molar-refractivity contribution >= 4 is 44.9 Å². The Labute approximate surface area is 139 Å². The number of aryl methyl sites for hydroxylation is 1. The molecule has 0 radical (unpaired) electrons. The van der Waals surface area contributed by atoms with Crippen LogP contribution in [0.1, 0.15) is 30.0 Å². The summed E-state index contributed by atoms with van der Waals surface area (Å²) in [5.74, 6) is -0.732. The summed E-state index contributed by atoms with van der Waals surface area (Å²) in [5.41, 5.74) is 3.43. The molecule has 0 aromatic carbocycles. The number of fused-ring (bicyclic) bond motifs is 1. The molecule has 1 unspecified atom stereocenters. The fourth-order valence-electron chi connectivity index (χ4n) is 2.93. The van der Waals surface area contributed by atoms with Gasteiger partial charge >= 0.3 is 140 Å². The first-order valence-electron chi connectivity index (χ1n) is 7.88. The molecule has 0 spiro atoms. The molecule has 2 aromatic rings. The molecule has 1 aliphatic rings. The van der Waals surface area contributed by atoms with Crippen molar-refractivity contribution in [2.75, 3.05) is 0 Å². The van der Waals surface area contributed by atoms with Crippen LogP contribution in [0, 0.1) is 6.92 Å². The number of pyridine rings is 2. The van der Waals surface area contributed by atoms with Crippen LogP contribution < -0.4 is 9.03 Å². The summed E-state index contributed by atoms with van der Waals surface area (Å²) in [6.07, 6.45) is 0.913. The SMILES string of the molecule is Cc1nc2cc[c]([Sn]([CH3])([CH3])[CH3])nc2cc1C1CCC(=O)NC1=O. The van der Waals surface area contributed by atoms with E-state index in [0.717, 1.165) is 22.3 Å². The van der Waals surface area contributed by atoms with E-state index in [0.29, 0.717) is 12.8 Å². The Morgan fingerprint density at radius 2 is 1.87 bits per heavy atom. The van der Waals surface area contributed by atoms with Gasteiger partial charge in [0.05, 0.1) is 0 Å². The molecule has 1 N–H and O–H groups in total. The van der Waals surface area contributed by atoms with Crippen molar-refractivity contribution in [1.29, 1.82) is 0 Å². The van der Waals surface area contributed by atoms with E-state index < -0.39 is 18.4 Å². The van der Waals surface area contributed by atoms with E-state index in [1.165, 1.54) is 3.71 Å². The number of nitrogens with one attached hydrogen (secondary N) is 1. The summed E-state index contributed by atoms with van der Waals surface area (Å²) in [4.78, 5) is 39.9. The van der Waals surface area contributed by atoms with E-state index in [1.807, 2.05) is 19.1 Å². The molecule has 3 rings (SSSR count). The quantitative estimate of drug-likeness (QED) is 0.599. The van der Waals surface area contributed by atoms with Crippen molar-refractivity contribution in [2.45, 2.75) is 40.5 Å². The van der Waals surface area contributed by atoms with Gasteiger partial charge in [-0.05, 0) is 0 Å². The van der Waals surface area contributed by atoms with Gasteiger partial charge in [-0.2, -0.15) is 0 Å². The number of carbonyl (C=O) groups is 2. The topological polar surface area (TPSA) is 72.0 Å². The molecule has 1 aliphatic heterocycles. The Kier molecular flexibility index (Phi) is 4.16. The summed E-state index contributed by atoms with van der Waals surface area (Å²) in [5, 5.41) is 2.42. The first-order chi connectivity index (χ1) is 10.8. The minimum absolute atomic E-state index is 0.195. The number of amides is 2. The molecule has 1 saturated heterocycles. The molecule has 0 bridgehead atoms. The second kappa shape index (κ2) is 5.85. The Morgan fingerprint density at radius 3 is 2.52 bits per heavy atom. The van der Waals surface area contributed by atoms with E-state index in [9.17, 15) is 9.59 Å². The van der Waals surface area contributed by atoms with Crippen LogP contribution in [-0.4, -0.2) is 40.2 Å². The molecule has 23 heavy (non-hydrogen) atoms. The molecule has 120 valence electrons. The molecular weight excluding hydrogens is 397 g/mol. The van der Waals surface area contributed by atoms with Crippen molar-refractivity contribution in [1.82, 2.24) is 15.3 Å². The summed E-state index contributed by atoms with van der Waals surface area (Å²) in [7, 11) is 0. The monoisotopic (exact) mass is 419 g/mol. The summed E-state index contributed by atoms with van der Waals surface area (Å²) < 4.78 is 1.20. The number of hydrogen-bond donors (Lipinski definition) is 1. The Bertz CT molecular complexity index is 811. The van der Waals surface area contributed by atoms with Crippen molar-refractivity contribution in [2.24, 2.45) is 0 Å². The Hall–Kier alpha value is -1.50. The maximum atomic E-state index is 12.1. The van der Waals surface area contributed by atoms with Gasteiger partial charge < -0.3 is 0 Å². The predicted octanol–water partition coefficient (Wildman–Crippen LogP) is 2.00. The van der Waals surface area contributed by atoms with Crippen LogP contribution in [0.2, 0.25) is 14.8 Å². The van der Waals surface area contributed by atoms with Gasteiger partial charge in [0.1, 0.15) is 0 Å². The maximum absolute atomic E-state index is 12.1. The second-order valence-electron chi connectivity index (χ2n) is 7.15. The minimum atomic E-state index is -2.25. The third-order valence-corrected chi connectivity index (χ3v) is 9.46. The number of aromatic nitrogens is 2. The normalized spacial score (nSPS) is 19.0. The molecule has 3 heterocycles. The fraction of sp³-hybridized carbons (Fsp3) is 0.412. The Morgan fingerprint density at radius 1 is 1.13 bits per heavy atom. The number of rotatable bonds is 2. The van der Waals surface area contributed by atoms with Crippen molar-refractivity contribution in [3.05, 3.63) is 29.5 Å². The standard InChI is InChI=1S/C14H12N3O2.3CH3.Sn/c1-8-10(9-4-5-13(18)17-14(9)19)7-12-11(16-8)3-2-6-15-12;;;;/h2-3,7,9H,4-5H2,1H3,(H,17,18,19);3*1H3;. The Balaban J connectivity index is 2.08. The number of hydrogen-bond acceptors (Lipinski definition) is 4. The molecule has 1 fully saturated rings. The molecule has 5 nitrogen and oxygen atoms in total. The first kappa shape index (κ1) is 16.4. The molecule has 1 atom stereocenters. The van der Waals surface area contributed by atoms with Gasteiger partial charge in [-0.3, -0.25) is 0 Å².